The van der Waals surface area contributed by atoms with Gasteiger partial charge < -0.3 is 57.5 Å². The molecule has 0 saturated carbocycles. The molecule has 0 amide bonds. The predicted molar refractivity (Wildman–Crippen MR) is 572 cm³/mol. The second kappa shape index (κ2) is 51.5. The van der Waals surface area contributed by atoms with Crippen LogP contribution in [0.25, 0.3) is 178 Å². The fourth-order valence-corrected chi connectivity index (χ4v) is 16.4. The molecule has 0 aliphatic heterocycles. The zero-order valence-corrected chi connectivity index (χ0v) is 91.4. The molecule has 4 radical (unpaired) electrons. The number of pyridine rings is 8. The molecule has 16 heteroatoms. The van der Waals surface area contributed by atoms with Gasteiger partial charge in [-0.1, -0.05) is 250 Å². The van der Waals surface area contributed by atoms with Crippen molar-refractivity contribution in [2.45, 2.75) is 107 Å². The Morgan fingerprint density at radius 3 is 0.847 bits per heavy atom. The first-order chi connectivity index (χ1) is 68.4. The number of nitrogens with zero attached hydrogens (tertiary/aromatic N) is 8. The maximum atomic E-state index is 6.10. The minimum Gasteiger partial charge on any atom is -0.501 e. The monoisotopic (exact) mass is 2590 g/mol. The summed E-state index contributed by atoms with van der Waals surface area (Å²) in [7, 11) is 0. The van der Waals surface area contributed by atoms with E-state index in [9.17, 15) is 0 Å². The molecular formula is C128H104Ir4N8O4-8. The molecule has 0 spiro atoms. The van der Waals surface area contributed by atoms with Gasteiger partial charge in [0.15, 0.2) is 0 Å². The van der Waals surface area contributed by atoms with Gasteiger partial charge in [-0.05, 0) is 186 Å². The van der Waals surface area contributed by atoms with Crippen molar-refractivity contribution in [1.29, 1.82) is 0 Å². The van der Waals surface area contributed by atoms with Gasteiger partial charge in [-0.25, -0.2) is 0 Å². The fourth-order valence-electron chi connectivity index (χ4n) is 16.4. The third-order valence-corrected chi connectivity index (χ3v) is 23.9. The Labute approximate surface area is 896 Å². The number of aryl methyl sites for hydroxylation is 4. The van der Waals surface area contributed by atoms with E-state index in [1.807, 2.05) is 255 Å². The van der Waals surface area contributed by atoms with Crippen molar-refractivity contribution in [2.75, 3.05) is 0 Å². The minimum atomic E-state index is 0. The standard InChI is InChI=1S/4C18H12NO.4C14H14N.4Ir/c1-12-6-4-10-16-17(12)14-8-5-7-13(18(14)20-16)15-9-2-3-11-19-15;1-12-6-4-7-13-14-8-5-9-15(18(14)20-17(12)13)16-10-2-3-11-19-16;1-12-8-9-13-14-5-4-6-15(16-7-2-3-10-19-16)18(14)20-17(13)11-12;1-12-8-9-17-15(11-12)13-5-4-6-14(18(13)20-17)16-7-2-3-10-19-16;4*1-11(2)12-6-5-7-13(10-12)14-8-3-4-9-15-14;;;;/h2-6,8-11H,1H3;2-8,10-11H,1H3;2*2-5,7-11H,1H3;4*3-6,8-11H,1-2H3;;;;/q8*-1;;;;. The maximum Gasteiger partial charge on any atom is 0.123 e. The van der Waals surface area contributed by atoms with Gasteiger partial charge in [0, 0.05) is 152 Å². The molecule has 0 bridgehead atoms. The molecule has 12 aromatic carbocycles. The van der Waals surface area contributed by atoms with Gasteiger partial charge in [0.25, 0.3) is 0 Å². The summed E-state index contributed by atoms with van der Waals surface area (Å²) in [4.78, 5) is 34.9. The van der Waals surface area contributed by atoms with E-state index >= 15 is 0 Å². The molecule has 24 aromatic rings. The van der Waals surface area contributed by atoms with Crippen molar-refractivity contribution >= 4 is 87.8 Å². The Balaban J connectivity index is 0.000000138. The molecule has 0 atom stereocenters. The third-order valence-electron chi connectivity index (χ3n) is 23.9. The molecule has 0 aliphatic carbocycles. The SMILES string of the molecule is CC(C)c1cc[c-]c(-c2ccccn2)c1.CC(C)c1cc[c-]c(-c2ccccn2)c1.CC(C)c1cc[c-]c(-c2ccccn2)c1.CC(C)c1cc[c-]c(-c2ccccn2)c1.Cc1ccc2c(c1)oc1c(-c3ccccn3)[c-]ccc12.Cc1ccc2oc3c(-c4ccccn4)[c-]ccc3c2c1.Cc1cccc2c1oc1c(-c3ccccn3)[c-]ccc12.Cc1cccc2oc3c(-c4ccccn4)[c-]ccc3c12.[Ir].[Ir].[Ir].[Ir]. The van der Waals surface area contributed by atoms with Crippen molar-refractivity contribution in [1.82, 2.24) is 39.9 Å². The number of para-hydroxylation sites is 1. The van der Waals surface area contributed by atoms with Crippen LogP contribution in [0.1, 0.15) is 124 Å². The molecule has 0 N–H and O–H groups in total. The van der Waals surface area contributed by atoms with Crippen LogP contribution < -0.4 is 0 Å². The largest absolute Gasteiger partial charge is 0.501 e. The molecule has 0 saturated heterocycles. The van der Waals surface area contributed by atoms with Crippen LogP contribution in [0.4, 0.5) is 0 Å². The van der Waals surface area contributed by atoms with Crippen molar-refractivity contribution < 1.29 is 98.1 Å². The van der Waals surface area contributed by atoms with Crippen LogP contribution in [0.15, 0.2) is 407 Å². The molecule has 24 rings (SSSR count). The molecular weight excluding hydrogens is 2480 g/mol. The average molecular weight is 2590 g/mol. The van der Waals surface area contributed by atoms with Crippen LogP contribution in [0.5, 0.6) is 0 Å². The Bertz CT molecular complexity index is 7780. The van der Waals surface area contributed by atoms with E-state index < -0.39 is 0 Å². The van der Waals surface area contributed by atoms with Crippen molar-refractivity contribution in [2.24, 2.45) is 0 Å². The third kappa shape index (κ3) is 26.2. The van der Waals surface area contributed by atoms with Gasteiger partial charge in [0.2, 0.25) is 0 Å². The van der Waals surface area contributed by atoms with E-state index in [0.29, 0.717) is 23.7 Å². The smallest absolute Gasteiger partial charge is 0.123 e. The van der Waals surface area contributed by atoms with E-state index in [2.05, 4.69) is 281 Å². The van der Waals surface area contributed by atoms with E-state index in [1.165, 1.54) is 44.3 Å². The first-order valence-corrected chi connectivity index (χ1v) is 47.1. The first kappa shape index (κ1) is 107. The number of hydrogen-bond acceptors (Lipinski definition) is 12. The second-order valence-corrected chi connectivity index (χ2v) is 35.2. The average Bonchev–Trinajstić information content (AvgIpc) is 1.62. The number of rotatable bonds is 12. The molecule has 0 unspecified atom stereocenters. The summed E-state index contributed by atoms with van der Waals surface area (Å²) < 4.78 is 24.2. The summed E-state index contributed by atoms with van der Waals surface area (Å²) in [6.45, 7) is 25.9. The summed E-state index contributed by atoms with van der Waals surface area (Å²) in [6.07, 6.45) is 14.4. The van der Waals surface area contributed by atoms with E-state index in [0.717, 1.165) is 178 Å². The van der Waals surface area contributed by atoms with Crippen molar-refractivity contribution in [3.8, 4) is 90.1 Å². The summed E-state index contributed by atoms with van der Waals surface area (Å²) in [5.41, 5.74) is 32.6. The summed E-state index contributed by atoms with van der Waals surface area (Å²) >= 11 is 0. The van der Waals surface area contributed by atoms with Gasteiger partial charge >= 0.3 is 0 Å². The molecule has 12 aromatic heterocycles. The zero-order valence-electron chi connectivity index (χ0n) is 81.8. The van der Waals surface area contributed by atoms with E-state index in [4.69, 9.17) is 17.7 Å². The number of furan rings is 4. The normalized spacial score (nSPS) is 10.7. The second-order valence-electron chi connectivity index (χ2n) is 35.2. The number of benzene rings is 12. The van der Waals surface area contributed by atoms with Gasteiger partial charge in [-0.15, -0.1) is 214 Å². The maximum absolute atomic E-state index is 6.10. The Morgan fingerprint density at radius 2 is 0.486 bits per heavy atom. The summed E-state index contributed by atoms with van der Waals surface area (Å²) in [5.74, 6) is 2.17. The molecule has 724 valence electrons. The van der Waals surface area contributed by atoms with Crippen LogP contribution in [0, 0.1) is 76.2 Å². The van der Waals surface area contributed by atoms with Crippen molar-refractivity contribution in [3.05, 3.63) is 482 Å². The minimum absolute atomic E-state index is 0. The van der Waals surface area contributed by atoms with E-state index in [1.54, 1.807) is 24.8 Å². The van der Waals surface area contributed by atoms with Gasteiger partial charge in [-0.3, -0.25) is 0 Å². The summed E-state index contributed by atoms with van der Waals surface area (Å²) in [6, 6.07) is 139. The molecule has 0 aliphatic rings. The van der Waals surface area contributed by atoms with Crippen LogP contribution >= 0.6 is 0 Å². The predicted octanol–water partition coefficient (Wildman–Crippen LogP) is 33.7. The number of aromatic nitrogens is 8. The van der Waals surface area contributed by atoms with E-state index in [-0.39, 0.29) is 80.4 Å². The fraction of sp³-hybridized carbons (Fsp3) is 0.125. The Hall–Kier alpha value is -14.4. The van der Waals surface area contributed by atoms with Gasteiger partial charge in [0.1, 0.15) is 22.3 Å². The summed E-state index contributed by atoms with van der Waals surface area (Å²) in [5, 5.41) is 9.06. The van der Waals surface area contributed by atoms with Crippen LogP contribution in [0.2, 0.25) is 0 Å². The van der Waals surface area contributed by atoms with Crippen molar-refractivity contribution in [3.63, 3.8) is 0 Å². The first-order valence-electron chi connectivity index (χ1n) is 47.1. The van der Waals surface area contributed by atoms with Crippen LogP contribution in [-0.4, -0.2) is 39.9 Å². The van der Waals surface area contributed by atoms with Gasteiger partial charge in [-0.2, -0.15) is 0 Å². The Kier molecular flexibility index (Phi) is 38.3. The number of fused-ring (bicyclic) bond motifs is 12. The van der Waals surface area contributed by atoms with Crippen LogP contribution in [-0.2, 0) is 80.4 Å². The Morgan fingerprint density at radius 1 is 0.201 bits per heavy atom. The topological polar surface area (TPSA) is 156 Å². The molecule has 144 heavy (non-hydrogen) atoms. The van der Waals surface area contributed by atoms with Gasteiger partial charge in [0.05, 0.1) is 22.3 Å². The molecule has 0 fully saturated rings. The molecule has 12 nitrogen and oxygen atoms in total. The zero-order chi connectivity index (χ0) is 96.8. The van der Waals surface area contributed by atoms with Crippen LogP contribution in [0.3, 0.4) is 0 Å². The molecule has 12 heterocycles. The quantitative estimate of drug-likeness (QED) is 0.107. The number of hydrogen-bond donors (Lipinski definition) is 0.